The molecule has 2 aromatic carbocycles. The van der Waals surface area contributed by atoms with Gasteiger partial charge in [0.25, 0.3) is 8.32 Å². The molecule has 0 N–H and O–H groups in total. The molecule has 0 spiro atoms. The first-order valence-electron chi connectivity index (χ1n) is 10.3. The molecule has 0 aromatic heterocycles. The summed E-state index contributed by atoms with van der Waals surface area (Å²) in [6, 6.07) is 0. The lowest BCUT2D eigenvalue weighted by Crippen LogP contribution is -2.52. The van der Waals surface area contributed by atoms with Crippen LogP contribution in [0.3, 0.4) is 0 Å². The highest BCUT2D eigenvalue weighted by Gasteiger charge is 2.41. The second-order valence-corrected chi connectivity index (χ2v) is 11.7. The summed E-state index contributed by atoms with van der Waals surface area (Å²) in [6.45, 7) is 5.43. The van der Waals surface area contributed by atoms with Crippen molar-refractivity contribution in [3.8, 4) is 5.75 Å². The van der Waals surface area contributed by atoms with Crippen molar-refractivity contribution in [1.29, 1.82) is 0 Å². The zero-order valence-corrected chi connectivity index (χ0v) is 19.2. The van der Waals surface area contributed by atoms with Crippen LogP contribution in [0, 0.1) is 46.5 Å². The molecule has 1 nitrogen and oxygen atoms in total. The number of hydrogen-bond donors (Lipinski definition) is 0. The predicted octanol–water partition coefficient (Wildman–Crippen LogP) is 6.98. The van der Waals surface area contributed by atoms with Gasteiger partial charge in [0.1, 0.15) is 0 Å². The molecule has 0 aliphatic rings. The van der Waals surface area contributed by atoms with E-state index in [0.717, 1.165) is 13.1 Å². The Morgan fingerprint density at radius 3 is 1.25 bits per heavy atom. The minimum absolute atomic E-state index is 0.256. The van der Waals surface area contributed by atoms with E-state index in [1.54, 1.807) is 13.8 Å². The van der Waals surface area contributed by atoms with Crippen LogP contribution in [-0.4, -0.2) is 8.32 Å². The summed E-state index contributed by atoms with van der Waals surface area (Å²) in [5.74, 6) is -15.4. The first kappa shape index (κ1) is 26.2. The second-order valence-electron chi connectivity index (χ2n) is 7.99. The molecule has 0 fully saturated rings. The van der Waals surface area contributed by atoms with Gasteiger partial charge in [-0.25, -0.2) is 26.3 Å². The van der Waals surface area contributed by atoms with Crippen molar-refractivity contribution in [1.82, 2.24) is 0 Å². The van der Waals surface area contributed by atoms with Gasteiger partial charge in [0.2, 0.25) is 11.6 Å². The van der Waals surface area contributed by atoms with Crippen LogP contribution in [-0.2, 0) is 12.8 Å². The van der Waals surface area contributed by atoms with Gasteiger partial charge in [-0.05, 0) is 38.8 Å². The maximum absolute atomic E-state index is 14.7. The van der Waals surface area contributed by atoms with Gasteiger partial charge < -0.3 is 4.43 Å². The number of benzene rings is 2. The molecule has 0 aliphatic carbocycles. The molecule has 0 atom stereocenters. The molecular formula is C22H24F8OSi. The normalized spacial score (nSPS) is 11.9. The molecule has 0 unspecified atom stereocenters. The predicted molar refractivity (Wildman–Crippen MR) is 108 cm³/mol. The number of hydrogen-bond acceptors (Lipinski definition) is 1. The maximum atomic E-state index is 14.7. The van der Waals surface area contributed by atoms with Crippen LogP contribution in [0.2, 0.25) is 13.1 Å². The molecule has 0 radical (unpaired) electrons. The van der Waals surface area contributed by atoms with Crippen LogP contribution in [0.15, 0.2) is 0 Å². The fourth-order valence-corrected chi connectivity index (χ4v) is 5.47. The molecule has 0 aliphatic heterocycles. The lowest BCUT2D eigenvalue weighted by Gasteiger charge is -2.27. The van der Waals surface area contributed by atoms with Gasteiger partial charge in [0.05, 0.1) is 5.19 Å². The van der Waals surface area contributed by atoms with Crippen molar-refractivity contribution in [3.05, 3.63) is 57.7 Å². The minimum Gasteiger partial charge on any atom is -0.535 e. The molecule has 10 heteroatoms. The maximum Gasteiger partial charge on any atom is 0.283 e. The number of rotatable bonds is 9. The van der Waals surface area contributed by atoms with E-state index in [-0.39, 0.29) is 25.7 Å². The van der Waals surface area contributed by atoms with Crippen LogP contribution in [0.4, 0.5) is 35.1 Å². The van der Waals surface area contributed by atoms with Crippen molar-refractivity contribution in [2.75, 3.05) is 0 Å². The summed E-state index contributed by atoms with van der Waals surface area (Å²) < 4.78 is 121. The van der Waals surface area contributed by atoms with E-state index in [1.165, 1.54) is 0 Å². The third-order valence-corrected chi connectivity index (χ3v) is 7.55. The van der Waals surface area contributed by atoms with Crippen molar-refractivity contribution in [2.45, 2.75) is 65.5 Å². The summed E-state index contributed by atoms with van der Waals surface area (Å²) in [4.78, 5) is 0. The monoisotopic (exact) mass is 484 g/mol. The highest BCUT2D eigenvalue weighted by atomic mass is 28.4. The molecule has 0 saturated heterocycles. The average Bonchev–Trinajstić information content (AvgIpc) is 2.74. The van der Waals surface area contributed by atoms with E-state index in [4.69, 9.17) is 4.43 Å². The summed E-state index contributed by atoms with van der Waals surface area (Å²) in [6.07, 6.45) is 1.00. The molecule has 0 saturated carbocycles. The van der Waals surface area contributed by atoms with Crippen LogP contribution in [0.25, 0.3) is 0 Å². The van der Waals surface area contributed by atoms with Crippen LogP contribution < -0.4 is 9.61 Å². The zero-order valence-electron chi connectivity index (χ0n) is 18.2. The lowest BCUT2D eigenvalue weighted by atomic mass is 10.1. The first-order chi connectivity index (χ1) is 14.9. The van der Waals surface area contributed by atoms with Crippen LogP contribution in [0.1, 0.15) is 50.7 Å². The topological polar surface area (TPSA) is 9.23 Å². The average molecular weight is 485 g/mol. The minimum atomic E-state index is -4.22. The van der Waals surface area contributed by atoms with E-state index in [1.807, 2.05) is 0 Å². The van der Waals surface area contributed by atoms with E-state index in [0.29, 0.717) is 12.8 Å². The van der Waals surface area contributed by atoms with Crippen molar-refractivity contribution in [2.24, 2.45) is 0 Å². The smallest absolute Gasteiger partial charge is 0.283 e. The summed E-state index contributed by atoms with van der Waals surface area (Å²) >= 11 is 0. The summed E-state index contributed by atoms with van der Waals surface area (Å²) in [5, 5.41) is -1.16. The Bertz CT molecular complexity index is 948. The molecule has 0 amide bonds. The third kappa shape index (κ3) is 4.79. The zero-order chi connectivity index (χ0) is 24.4. The van der Waals surface area contributed by atoms with Gasteiger partial charge in [-0.1, -0.05) is 26.7 Å². The molecule has 178 valence electrons. The van der Waals surface area contributed by atoms with Crippen molar-refractivity contribution < 1.29 is 39.5 Å². The van der Waals surface area contributed by atoms with Crippen molar-refractivity contribution in [3.63, 3.8) is 0 Å². The molecule has 2 rings (SSSR count). The highest BCUT2D eigenvalue weighted by Crippen LogP contribution is 2.33. The van der Waals surface area contributed by atoms with E-state index >= 15 is 0 Å². The largest absolute Gasteiger partial charge is 0.535 e. The Morgan fingerprint density at radius 1 is 0.562 bits per heavy atom. The first-order valence-corrected chi connectivity index (χ1v) is 13.2. The Labute approximate surface area is 182 Å². The van der Waals surface area contributed by atoms with E-state index in [9.17, 15) is 35.1 Å². The van der Waals surface area contributed by atoms with Gasteiger partial charge in [0, 0.05) is 11.1 Å². The molecule has 0 heterocycles. The fraction of sp³-hybridized carbons (Fsp3) is 0.455. The third-order valence-electron chi connectivity index (χ3n) is 5.19. The van der Waals surface area contributed by atoms with Gasteiger partial charge in [-0.15, -0.1) is 0 Å². The Kier molecular flexibility index (Phi) is 8.36. The summed E-state index contributed by atoms with van der Waals surface area (Å²) in [7, 11) is -4.22. The lowest BCUT2D eigenvalue weighted by molar-refractivity contribution is 0.381. The molecular weight excluding hydrogens is 460 g/mol. The standard InChI is InChI=1S/C22H24F8OSi/c1-5-7-9-11-13(23)17(27)21(18(28)14(11)24)31-32(3,4)22-19(29)15(25)12(10-8-6-2)16(26)20(22)30/h5-10H2,1-4H3. The Hall–Kier alpha value is -2.10. The second kappa shape index (κ2) is 10.2. The van der Waals surface area contributed by atoms with Gasteiger partial charge in [-0.3, -0.25) is 0 Å². The van der Waals surface area contributed by atoms with E-state index < -0.39 is 76.9 Å². The number of halogens is 8. The molecule has 0 bridgehead atoms. The van der Waals surface area contributed by atoms with Crippen LogP contribution in [0.5, 0.6) is 5.75 Å². The SMILES string of the molecule is CCCCc1c(F)c(F)c(O[Si](C)(C)c2c(F)c(F)c(CCCC)c(F)c2F)c(F)c1F. The van der Waals surface area contributed by atoms with E-state index in [2.05, 4.69) is 0 Å². The number of unbranched alkanes of at least 4 members (excludes halogenated alkanes) is 2. The fourth-order valence-electron chi connectivity index (χ4n) is 3.40. The van der Waals surface area contributed by atoms with Gasteiger partial charge >= 0.3 is 0 Å². The highest BCUT2D eigenvalue weighted by molar-refractivity contribution is 6.85. The van der Waals surface area contributed by atoms with Gasteiger partial charge in [-0.2, -0.15) is 8.78 Å². The quantitative estimate of drug-likeness (QED) is 0.212. The van der Waals surface area contributed by atoms with Crippen LogP contribution >= 0.6 is 0 Å². The van der Waals surface area contributed by atoms with Gasteiger partial charge in [0.15, 0.2) is 40.7 Å². The molecule has 32 heavy (non-hydrogen) atoms. The van der Waals surface area contributed by atoms with Crippen molar-refractivity contribution >= 4 is 13.5 Å². The molecule has 2 aromatic rings. The summed E-state index contributed by atoms with van der Waals surface area (Å²) in [5.41, 5.74) is -1.60. The Morgan fingerprint density at radius 2 is 0.906 bits per heavy atom. The Balaban J connectivity index is 2.60.